The molecule has 1 N–H and O–H groups in total. The number of carbonyl (C=O) groups is 1. The smallest absolute Gasteiger partial charge is 0.225 e. The number of aliphatic hydroxyl groups excluding tert-OH is 1. The molecule has 2 saturated heterocycles. The molecule has 3 heterocycles. The fraction of sp³-hybridized carbons (Fsp3) is 0.800. The lowest BCUT2D eigenvalue weighted by Gasteiger charge is -2.51. The van der Waals surface area contributed by atoms with E-state index in [-0.39, 0.29) is 17.4 Å². The molecule has 26 heavy (non-hydrogen) atoms. The van der Waals surface area contributed by atoms with Crippen molar-refractivity contribution in [3.05, 3.63) is 16.1 Å². The molecule has 144 valence electrons. The van der Waals surface area contributed by atoms with Gasteiger partial charge in [0.1, 0.15) is 5.01 Å². The summed E-state index contributed by atoms with van der Waals surface area (Å²) in [7, 11) is 0. The van der Waals surface area contributed by atoms with Gasteiger partial charge in [-0.15, -0.1) is 11.3 Å². The summed E-state index contributed by atoms with van der Waals surface area (Å²) in [6, 6.07) is 0. The minimum absolute atomic E-state index is 0.156. The molecule has 1 aromatic heterocycles. The number of hydrogen-bond donors (Lipinski definition) is 1. The second-order valence-corrected chi connectivity index (χ2v) is 9.55. The zero-order valence-corrected chi connectivity index (χ0v) is 16.6. The first-order chi connectivity index (χ1) is 12.6. The minimum atomic E-state index is -0.295. The number of nitrogens with zero attached hydrogens (tertiary/aromatic N) is 3. The van der Waals surface area contributed by atoms with Gasteiger partial charge in [0.05, 0.1) is 12.6 Å². The third kappa shape index (κ3) is 3.69. The SMILES string of the molecule is Cc1csc(CN2CC[C@@H](O)[C@]3(CCCN(C(=O)C4CCCC4)C3)C2)n1. The van der Waals surface area contributed by atoms with E-state index in [9.17, 15) is 9.90 Å². The van der Waals surface area contributed by atoms with E-state index in [1.165, 1.54) is 12.8 Å². The highest BCUT2D eigenvalue weighted by atomic mass is 32.1. The number of aromatic nitrogens is 1. The third-order valence-corrected chi connectivity index (χ3v) is 7.57. The Kier molecular flexibility index (Phi) is 5.35. The number of aryl methyl sites for hydroxylation is 1. The molecule has 2 atom stereocenters. The molecule has 1 saturated carbocycles. The average molecular weight is 378 g/mol. The first kappa shape index (κ1) is 18.4. The van der Waals surface area contributed by atoms with Crippen molar-refractivity contribution in [2.45, 2.75) is 64.5 Å². The number of hydrogen-bond acceptors (Lipinski definition) is 5. The molecule has 1 aliphatic carbocycles. The number of rotatable bonds is 3. The molecule has 0 aromatic carbocycles. The second kappa shape index (κ2) is 7.56. The van der Waals surface area contributed by atoms with Crippen molar-refractivity contribution in [1.82, 2.24) is 14.8 Å². The van der Waals surface area contributed by atoms with Crippen LogP contribution in [0.25, 0.3) is 0 Å². The third-order valence-electron chi connectivity index (χ3n) is 6.61. The molecule has 4 rings (SSSR count). The van der Waals surface area contributed by atoms with E-state index in [1.807, 2.05) is 6.92 Å². The lowest BCUT2D eigenvalue weighted by molar-refractivity contribution is -0.145. The van der Waals surface area contributed by atoms with Crippen LogP contribution in [0, 0.1) is 18.3 Å². The first-order valence-electron chi connectivity index (χ1n) is 10.2. The zero-order chi connectivity index (χ0) is 18.1. The van der Waals surface area contributed by atoms with Crippen LogP contribution < -0.4 is 0 Å². The van der Waals surface area contributed by atoms with Gasteiger partial charge in [-0.2, -0.15) is 0 Å². The quantitative estimate of drug-likeness (QED) is 0.880. The van der Waals surface area contributed by atoms with Gasteiger partial charge in [0, 0.05) is 48.6 Å². The Morgan fingerprint density at radius 3 is 2.81 bits per heavy atom. The zero-order valence-electron chi connectivity index (χ0n) is 15.8. The van der Waals surface area contributed by atoms with Crippen molar-refractivity contribution in [3.8, 4) is 0 Å². The maximum Gasteiger partial charge on any atom is 0.225 e. The van der Waals surface area contributed by atoms with Crippen LogP contribution in [0.1, 0.15) is 55.6 Å². The highest BCUT2D eigenvalue weighted by Gasteiger charge is 2.47. The van der Waals surface area contributed by atoms with E-state index in [2.05, 4.69) is 20.2 Å². The molecular weight excluding hydrogens is 346 g/mol. The molecular formula is C20H31N3O2S. The molecule has 6 heteroatoms. The molecule has 2 aliphatic heterocycles. The van der Waals surface area contributed by atoms with Crippen molar-refractivity contribution >= 4 is 17.2 Å². The van der Waals surface area contributed by atoms with E-state index in [1.54, 1.807) is 11.3 Å². The summed E-state index contributed by atoms with van der Waals surface area (Å²) in [5.41, 5.74) is 0.930. The lowest BCUT2D eigenvalue weighted by atomic mass is 9.71. The van der Waals surface area contributed by atoms with Crippen LogP contribution >= 0.6 is 11.3 Å². The first-order valence-corrected chi connectivity index (χ1v) is 11.0. The standard InChI is InChI=1S/C20H31N3O2S/c1-15-12-26-18(21-15)11-22-10-7-17(24)20(13-22)8-4-9-23(14-20)19(25)16-5-2-3-6-16/h12,16-17,24H,2-11,13-14H2,1H3/t17-,20-/m1/s1. The Balaban J connectivity index is 1.44. The lowest BCUT2D eigenvalue weighted by Crippen LogP contribution is -2.60. The second-order valence-electron chi connectivity index (χ2n) is 8.60. The van der Waals surface area contributed by atoms with Crippen molar-refractivity contribution < 1.29 is 9.90 Å². The number of aliphatic hydroxyl groups is 1. The normalized spacial score (nSPS) is 31.0. The van der Waals surface area contributed by atoms with Crippen molar-refractivity contribution in [2.75, 3.05) is 26.2 Å². The van der Waals surface area contributed by atoms with Gasteiger partial charge in [-0.05, 0) is 39.0 Å². The Morgan fingerprint density at radius 2 is 2.08 bits per heavy atom. The van der Waals surface area contributed by atoms with Crippen LogP contribution in [-0.4, -0.2) is 58.1 Å². The van der Waals surface area contributed by atoms with Gasteiger partial charge in [0.15, 0.2) is 0 Å². The summed E-state index contributed by atoms with van der Waals surface area (Å²) in [4.78, 5) is 22.1. The Bertz CT molecular complexity index is 643. The fourth-order valence-corrected chi connectivity index (χ4v) is 6.04. The summed E-state index contributed by atoms with van der Waals surface area (Å²) in [5.74, 6) is 0.585. The molecule has 0 bridgehead atoms. The summed E-state index contributed by atoms with van der Waals surface area (Å²) >= 11 is 1.72. The topological polar surface area (TPSA) is 56.7 Å². The van der Waals surface area contributed by atoms with Crippen molar-refractivity contribution in [1.29, 1.82) is 0 Å². The van der Waals surface area contributed by atoms with E-state index in [0.29, 0.717) is 5.91 Å². The number of likely N-dealkylation sites (tertiary alicyclic amines) is 2. The van der Waals surface area contributed by atoms with Gasteiger partial charge in [0.25, 0.3) is 0 Å². The van der Waals surface area contributed by atoms with Gasteiger partial charge >= 0.3 is 0 Å². The molecule has 0 radical (unpaired) electrons. The van der Waals surface area contributed by atoms with Crippen LogP contribution in [0.3, 0.4) is 0 Å². The number of carbonyl (C=O) groups excluding carboxylic acids is 1. The molecule has 1 spiro atoms. The van der Waals surface area contributed by atoms with E-state index >= 15 is 0 Å². The van der Waals surface area contributed by atoms with Crippen molar-refractivity contribution in [3.63, 3.8) is 0 Å². The summed E-state index contributed by atoms with van der Waals surface area (Å²) in [6.45, 7) is 6.30. The van der Waals surface area contributed by atoms with E-state index in [4.69, 9.17) is 0 Å². The van der Waals surface area contributed by atoms with Crippen LogP contribution in [0.15, 0.2) is 5.38 Å². The number of piperidine rings is 2. The van der Waals surface area contributed by atoms with E-state index < -0.39 is 0 Å². The van der Waals surface area contributed by atoms with Gasteiger partial charge in [-0.3, -0.25) is 9.69 Å². The minimum Gasteiger partial charge on any atom is -0.392 e. The summed E-state index contributed by atoms with van der Waals surface area (Å²) < 4.78 is 0. The molecule has 3 aliphatic rings. The molecule has 1 amide bonds. The monoisotopic (exact) mass is 377 g/mol. The molecule has 1 aromatic rings. The van der Waals surface area contributed by atoms with Gasteiger partial charge < -0.3 is 10.0 Å². The van der Waals surface area contributed by atoms with Crippen LogP contribution in [0.5, 0.6) is 0 Å². The number of thiazole rings is 1. The maximum atomic E-state index is 12.9. The average Bonchev–Trinajstić information content (AvgIpc) is 3.30. The maximum absolute atomic E-state index is 12.9. The van der Waals surface area contributed by atoms with Crippen LogP contribution in [0.4, 0.5) is 0 Å². The highest BCUT2D eigenvalue weighted by Crippen LogP contribution is 2.40. The Labute approximate surface area is 160 Å². The fourth-order valence-electron chi connectivity index (χ4n) is 5.22. The Hall–Kier alpha value is -0.980. The number of amides is 1. The highest BCUT2D eigenvalue weighted by molar-refractivity contribution is 7.09. The van der Waals surface area contributed by atoms with Gasteiger partial charge in [-0.25, -0.2) is 4.98 Å². The predicted molar refractivity (Wildman–Crippen MR) is 103 cm³/mol. The van der Waals surface area contributed by atoms with Gasteiger partial charge in [-0.1, -0.05) is 12.8 Å². The largest absolute Gasteiger partial charge is 0.392 e. The van der Waals surface area contributed by atoms with Crippen LogP contribution in [0.2, 0.25) is 0 Å². The van der Waals surface area contributed by atoms with Gasteiger partial charge in [0.2, 0.25) is 5.91 Å². The van der Waals surface area contributed by atoms with Crippen molar-refractivity contribution in [2.24, 2.45) is 11.3 Å². The van der Waals surface area contributed by atoms with Crippen LogP contribution in [-0.2, 0) is 11.3 Å². The molecule has 5 nitrogen and oxygen atoms in total. The molecule has 3 fully saturated rings. The molecule has 0 unspecified atom stereocenters. The summed E-state index contributed by atoms with van der Waals surface area (Å²) in [6.07, 6.45) is 7.04. The summed E-state index contributed by atoms with van der Waals surface area (Å²) in [5, 5.41) is 14.1. The Morgan fingerprint density at radius 1 is 1.27 bits per heavy atom. The van der Waals surface area contributed by atoms with E-state index in [0.717, 1.165) is 75.5 Å². The predicted octanol–water partition coefficient (Wildman–Crippen LogP) is 2.82.